The highest BCUT2D eigenvalue weighted by Crippen LogP contribution is 2.27. The van der Waals surface area contributed by atoms with E-state index in [4.69, 9.17) is 4.74 Å². The molecule has 2 aromatic rings. The summed E-state index contributed by atoms with van der Waals surface area (Å²) in [5.74, 6) is -0.0869. The largest absolute Gasteiger partial charge is 0.490 e. The second kappa shape index (κ2) is 8.05. The lowest BCUT2D eigenvalue weighted by atomic mass is 10.1. The molecule has 0 aliphatic rings. The third-order valence-electron chi connectivity index (χ3n) is 3.63. The molecule has 1 amide bonds. The number of ether oxygens (including phenoxy) is 1. The number of hydrogen-bond acceptors (Lipinski definition) is 5. The number of nitrogens with one attached hydrogen (secondary N) is 1. The summed E-state index contributed by atoms with van der Waals surface area (Å²) < 4.78 is 4.96. The summed E-state index contributed by atoms with van der Waals surface area (Å²) in [5, 5.41) is 15.1. The van der Waals surface area contributed by atoms with Gasteiger partial charge in [0.15, 0.2) is 5.75 Å². The van der Waals surface area contributed by atoms with Gasteiger partial charge in [-0.3, -0.25) is 14.9 Å². The summed E-state index contributed by atoms with van der Waals surface area (Å²) in [6.45, 7) is 3.64. The fraction of sp³-hybridized carbons (Fsp3) is 0.222. The molecule has 130 valence electrons. The zero-order chi connectivity index (χ0) is 18.4. The molecule has 0 aliphatic carbocycles. The minimum Gasteiger partial charge on any atom is -0.490 e. The van der Waals surface area contributed by atoms with E-state index in [-0.39, 0.29) is 23.8 Å². The standard InChI is InChI=1S/C18H19N3O4/c1-12-4-6-14(7-5-12)10-18(22)20-19-13(2)15-8-9-17(25-3)16(11-15)21(23)24/h4-9,11H,10H2,1-3H3,(H,20,22)/b19-13-. The molecule has 0 saturated heterocycles. The number of nitrogens with zero attached hydrogens (tertiary/aromatic N) is 2. The highest BCUT2D eigenvalue weighted by molar-refractivity contribution is 6.00. The average Bonchev–Trinajstić information content (AvgIpc) is 2.61. The molecule has 2 rings (SSSR count). The van der Waals surface area contributed by atoms with Gasteiger partial charge in [0.1, 0.15) is 0 Å². The van der Waals surface area contributed by atoms with Crippen LogP contribution in [0.4, 0.5) is 5.69 Å². The molecule has 0 aliphatic heterocycles. The number of methoxy groups -OCH3 is 1. The average molecular weight is 341 g/mol. The SMILES string of the molecule is COc1ccc(/C(C)=N\NC(=O)Cc2ccc(C)cc2)cc1[N+](=O)[O-]. The fourth-order valence-electron chi connectivity index (χ4n) is 2.20. The Morgan fingerprint density at radius 1 is 1.24 bits per heavy atom. The zero-order valence-electron chi connectivity index (χ0n) is 14.3. The van der Waals surface area contributed by atoms with E-state index in [0.29, 0.717) is 11.3 Å². The Morgan fingerprint density at radius 3 is 2.52 bits per heavy atom. The lowest BCUT2D eigenvalue weighted by Crippen LogP contribution is -2.21. The van der Waals surface area contributed by atoms with Crippen LogP contribution in [0.5, 0.6) is 5.75 Å². The van der Waals surface area contributed by atoms with Gasteiger partial charge in [-0.25, -0.2) is 5.43 Å². The van der Waals surface area contributed by atoms with E-state index in [9.17, 15) is 14.9 Å². The van der Waals surface area contributed by atoms with Gasteiger partial charge in [-0.05, 0) is 31.5 Å². The van der Waals surface area contributed by atoms with Crippen LogP contribution in [0.25, 0.3) is 0 Å². The summed E-state index contributed by atoms with van der Waals surface area (Å²) in [4.78, 5) is 22.5. The van der Waals surface area contributed by atoms with Crippen LogP contribution >= 0.6 is 0 Å². The number of carbonyl (C=O) groups excluding carboxylic acids is 1. The number of benzene rings is 2. The first-order chi connectivity index (χ1) is 11.9. The maximum Gasteiger partial charge on any atom is 0.311 e. The quantitative estimate of drug-likeness (QED) is 0.496. The van der Waals surface area contributed by atoms with E-state index in [0.717, 1.165) is 11.1 Å². The Hall–Kier alpha value is -3.22. The molecule has 0 aromatic heterocycles. The monoisotopic (exact) mass is 341 g/mol. The summed E-state index contributed by atoms with van der Waals surface area (Å²) in [6.07, 6.45) is 0.208. The number of nitro benzene ring substituents is 1. The smallest absolute Gasteiger partial charge is 0.311 e. The van der Waals surface area contributed by atoms with Crippen LogP contribution in [0.15, 0.2) is 47.6 Å². The van der Waals surface area contributed by atoms with Gasteiger partial charge in [-0.15, -0.1) is 0 Å². The van der Waals surface area contributed by atoms with Gasteiger partial charge < -0.3 is 4.74 Å². The lowest BCUT2D eigenvalue weighted by Gasteiger charge is -2.06. The van der Waals surface area contributed by atoms with E-state index in [1.165, 1.54) is 19.2 Å². The first-order valence-corrected chi connectivity index (χ1v) is 7.62. The van der Waals surface area contributed by atoms with Gasteiger partial charge in [-0.2, -0.15) is 5.10 Å². The molecule has 0 heterocycles. The van der Waals surface area contributed by atoms with Crippen LogP contribution in [0.2, 0.25) is 0 Å². The highest BCUT2D eigenvalue weighted by Gasteiger charge is 2.16. The Balaban J connectivity index is 2.08. The number of hydrazone groups is 1. The van der Waals surface area contributed by atoms with Gasteiger partial charge in [0.2, 0.25) is 5.91 Å². The molecule has 25 heavy (non-hydrogen) atoms. The molecule has 0 saturated carbocycles. The molecule has 0 atom stereocenters. The highest BCUT2D eigenvalue weighted by atomic mass is 16.6. The van der Waals surface area contributed by atoms with Gasteiger partial charge in [0.05, 0.1) is 24.2 Å². The van der Waals surface area contributed by atoms with Crippen LogP contribution < -0.4 is 10.2 Å². The van der Waals surface area contributed by atoms with Crippen molar-refractivity contribution < 1.29 is 14.5 Å². The Labute approximate surface area is 145 Å². The maximum absolute atomic E-state index is 12.0. The molecule has 0 bridgehead atoms. The van der Waals surface area contributed by atoms with Crippen molar-refractivity contribution in [2.75, 3.05) is 7.11 Å². The minimum atomic E-state index is -0.522. The molecule has 0 radical (unpaired) electrons. The summed E-state index contributed by atoms with van der Waals surface area (Å²) >= 11 is 0. The molecule has 7 heteroatoms. The van der Waals surface area contributed by atoms with Crippen LogP contribution in [-0.4, -0.2) is 23.7 Å². The van der Waals surface area contributed by atoms with Crippen molar-refractivity contribution in [2.24, 2.45) is 5.10 Å². The van der Waals surface area contributed by atoms with E-state index in [1.807, 2.05) is 31.2 Å². The molecule has 1 N–H and O–H groups in total. The fourth-order valence-corrected chi connectivity index (χ4v) is 2.20. The second-order valence-corrected chi connectivity index (χ2v) is 5.54. The summed E-state index contributed by atoms with van der Waals surface area (Å²) in [7, 11) is 1.37. The molecule has 2 aromatic carbocycles. The van der Waals surface area contributed by atoms with Gasteiger partial charge in [-0.1, -0.05) is 29.8 Å². The third-order valence-corrected chi connectivity index (χ3v) is 3.63. The molecule has 0 unspecified atom stereocenters. The van der Waals surface area contributed by atoms with Crippen molar-refractivity contribution in [2.45, 2.75) is 20.3 Å². The Morgan fingerprint density at radius 2 is 1.92 bits per heavy atom. The number of carbonyl (C=O) groups is 1. The molecule has 0 spiro atoms. The second-order valence-electron chi connectivity index (χ2n) is 5.54. The zero-order valence-corrected chi connectivity index (χ0v) is 14.3. The summed E-state index contributed by atoms with van der Waals surface area (Å²) in [6, 6.07) is 12.2. The lowest BCUT2D eigenvalue weighted by molar-refractivity contribution is -0.385. The number of amides is 1. The van der Waals surface area contributed by atoms with Gasteiger partial charge >= 0.3 is 5.69 Å². The van der Waals surface area contributed by atoms with Crippen LogP contribution in [0.1, 0.15) is 23.6 Å². The first kappa shape index (κ1) is 18.1. The number of hydrogen-bond donors (Lipinski definition) is 1. The molecule has 0 fully saturated rings. The Bertz CT molecular complexity index is 814. The van der Waals surface area contributed by atoms with E-state index in [1.54, 1.807) is 13.0 Å². The van der Waals surface area contributed by atoms with E-state index < -0.39 is 4.92 Å². The van der Waals surface area contributed by atoms with Crippen LogP contribution in [0, 0.1) is 17.0 Å². The van der Waals surface area contributed by atoms with Crippen molar-refractivity contribution in [1.29, 1.82) is 0 Å². The minimum absolute atomic E-state index is 0.152. The number of aryl methyl sites for hydroxylation is 1. The van der Waals surface area contributed by atoms with Crippen molar-refractivity contribution in [1.82, 2.24) is 5.43 Å². The number of nitro groups is 1. The van der Waals surface area contributed by atoms with E-state index in [2.05, 4.69) is 10.5 Å². The molecular formula is C18H19N3O4. The van der Waals surface area contributed by atoms with Crippen molar-refractivity contribution >= 4 is 17.3 Å². The normalized spacial score (nSPS) is 11.1. The maximum atomic E-state index is 12.0. The predicted molar refractivity (Wildman–Crippen MR) is 94.9 cm³/mol. The number of rotatable bonds is 6. The van der Waals surface area contributed by atoms with Crippen molar-refractivity contribution in [3.8, 4) is 5.75 Å². The van der Waals surface area contributed by atoms with Crippen molar-refractivity contribution in [3.05, 3.63) is 69.3 Å². The topological polar surface area (TPSA) is 93.8 Å². The Kier molecular flexibility index (Phi) is 5.84. The van der Waals surface area contributed by atoms with E-state index >= 15 is 0 Å². The molecular weight excluding hydrogens is 322 g/mol. The van der Waals surface area contributed by atoms with Crippen LogP contribution in [-0.2, 0) is 11.2 Å². The van der Waals surface area contributed by atoms with Crippen LogP contribution in [0.3, 0.4) is 0 Å². The van der Waals surface area contributed by atoms with Gasteiger partial charge in [0.25, 0.3) is 0 Å². The predicted octanol–water partition coefficient (Wildman–Crippen LogP) is 2.99. The summed E-state index contributed by atoms with van der Waals surface area (Å²) in [5.41, 5.74) is 5.32. The van der Waals surface area contributed by atoms with Gasteiger partial charge in [0, 0.05) is 11.6 Å². The first-order valence-electron chi connectivity index (χ1n) is 7.62. The molecule has 7 nitrogen and oxygen atoms in total. The third kappa shape index (κ3) is 4.87. The van der Waals surface area contributed by atoms with Crippen molar-refractivity contribution in [3.63, 3.8) is 0 Å².